The molecule has 2 aliphatic heterocycles. The third-order valence-corrected chi connectivity index (χ3v) is 6.25. The van der Waals surface area contributed by atoms with E-state index in [-0.39, 0.29) is 28.8 Å². The summed E-state index contributed by atoms with van der Waals surface area (Å²) in [5.74, 6) is 0.166. The summed E-state index contributed by atoms with van der Waals surface area (Å²) in [6.07, 6.45) is 4.06. The molecule has 2 fully saturated rings. The van der Waals surface area contributed by atoms with Gasteiger partial charge in [0.1, 0.15) is 24.1 Å². The maximum atomic E-state index is 14.4. The minimum Gasteiger partial charge on any atom is -0.474 e. The summed E-state index contributed by atoms with van der Waals surface area (Å²) in [5.41, 5.74) is 0.776. The molecule has 2 saturated heterocycles. The highest BCUT2D eigenvalue weighted by molar-refractivity contribution is 7.90. The molecule has 2 bridgehead atoms. The molecule has 156 valence electrons. The predicted molar refractivity (Wildman–Crippen MR) is 105 cm³/mol. The lowest BCUT2D eigenvalue weighted by molar-refractivity contribution is -0.0134. The van der Waals surface area contributed by atoms with Crippen LogP contribution in [0.3, 0.4) is 0 Å². The van der Waals surface area contributed by atoms with Crippen LogP contribution in [0, 0.1) is 12.7 Å². The summed E-state index contributed by atoms with van der Waals surface area (Å²) in [5, 5.41) is 6.42. The first kappa shape index (κ1) is 20.0. The zero-order valence-electron chi connectivity index (χ0n) is 16.2. The van der Waals surface area contributed by atoms with Crippen LogP contribution in [0.1, 0.15) is 18.4 Å². The van der Waals surface area contributed by atoms with Crippen LogP contribution in [0.4, 0.5) is 15.9 Å². The van der Waals surface area contributed by atoms with E-state index in [2.05, 4.69) is 20.6 Å². The Morgan fingerprint density at radius 1 is 1.24 bits per heavy atom. The molecule has 0 aliphatic carbocycles. The van der Waals surface area contributed by atoms with Crippen LogP contribution in [0.25, 0.3) is 0 Å². The van der Waals surface area contributed by atoms with Gasteiger partial charge in [0.2, 0.25) is 5.88 Å². The number of benzene rings is 1. The van der Waals surface area contributed by atoms with Crippen molar-refractivity contribution in [2.45, 2.75) is 42.8 Å². The minimum absolute atomic E-state index is 0.0161. The molecular formula is C19H23FN4O4S. The van der Waals surface area contributed by atoms with Gasteiger partial charge in [-0.1, -0.05) is 0 Å². The third kappa shape index (κ3) is 4.49. The summed E-state index contributed by atoms with van der Waals surface area (Å²) in [6, 6.07) is 4.26. The SMILES string of the molecule is Cc1c(Nc2ccc(S(C)(=O)=O)cc2F)ncnc1O[C@@H]1CC2COC[C@@H](C1)N2. The average molecular weight is 422 g/mol. The number of anilines is 2. The van der Waals surface area contributed by atoms with Crippen molar-refractivity contribution in [3.05, 3.63) is 35.9 Å². The highest BCUT2D eigenvalue weighted by Crippen LogP contribution is 2.29. The number of rotatable bonds is 5. The van der Waals surface area contributed by atoms with E-state index in [0.717, 1.165) is 25.2 Å². The van der Waals surface area contributed by atoms with Crippen LogP contribution < -0.4 is 15.4 Å². The molecule has 10 heteroatoms. The van der Waals surface area contributed by atoms with Gasteiger partial charge in [0, 0.05) is 31.2 Å². The van der Waals surface area contributed by atoms with Gasteiger partial charge in [0.25, 0.3) is 0 Å². The van der Waals surface area contributed by atoms with Crippen molar-refractivity contribution in [2.24, 2.45) is 0 Å². The van der Waals surface area contributed by atoms with Gasteiger partial charge in [-0.05, 0) is 25.1 Å². The molecular weight excluding hydrogens is 399 g/mol. The van der Waals surface area contributed by atoms with E-state index >= 15 is 0 Å². The Morgan fingerprint density at radius 3 is 2.62 bits per heavy atom. The largest absolute Gasteiger partial charge is 0.474 e. The fourth-order valence-electron chi connectivity index (χ4n) is 3.67. The Morgan fingerprint density at radius 2 is 1.97 bits per heavy atom. The van der Waals surface area contributed by atoms with Gasteiger partial charge in [-0.2, -0.15) is 0 Å². The normalized spacial score (nSPS) is 24.2. The smallest absolute Gasteiger partial charge is 0.221 e. The first-order valence-corrected chi connectivity index (χ1v) is 11.3. The molecule has 2 aromatic rings. The zero-order valence-corrected chi connectivity index (χ0v) is 17.0. The number of sulfone groups is 1. The van der Waals surface area contributed by atoms with Gasteiger partial charge >= 0.3 is 0 Å². The number of halogens is 1. The molecule has 1 unspecified atom stereocenters. The van der Waals surface area contributed by atoms with E-state index in [4.69, 9.17) is 9.47 Å². The van der Waals surface area contributed by atoms with Crippen molar-refractivity contribution in [1.82, 2.24) is 15.3 Å². The first-order chi connectivity index (χ1) is 13.8. The average Bonchev–Trinajstić information content (AvgIpc) is 2.65. The van der Waals surface area contributed by atoms with Gasteiger partial charge < -0.3 is 20.1 Å². The zero-order chi connectivity index (χ0) is 20.6. The monoisotopic (exact) mass is 422 g/mol. The van der Waals surface area contributed by atoms with Gasteiger partial charge in [0.15, 0.2) is 9.84 Å². The van der Waals surface area contributed by atoms with E-state index in [9.17, 15) is 12.8 Å². The van der Waals surface area contributed by atoms with Crippen molar-refractivity contribution >= 4 is 21.3 Å². The molecule has 0 radical (unpaired) electrons. The van der Waals surface area contributed by atoms with Crippen LogP contribution >= 0.6 is 0 Å². The van der Waals surface area contributed by atoms with E-state index in [0.29, 0.717) is 30.5 Å². The lowest BCUT2D eigenvalue weighted by Gasteiger charge is -2.39. The van der Waals surface area contributed by atoms with Crippen LogP contribution in [0.2, 0.25) is 0 Å². The van der Waals surface area contributed by atoms with E-state index in [1.807, 2.05) is 0 Å². The number of aromatic nitrogens is 2. The maximum absolute atomic E-state index is 14.4. The minimum atomic E-state index is -3.48. The van der Waals surface area contributed by atoms with E-state index < -0.39 is 15.7 Å². The number of hydrogen-bond donors (Lipinski definition) is 2. The molecule has 3 atom stereocenters. The molecule has 1 aromatic heterocycles. The second kappa shape index (κ2) is 7.85. The molecule has 4 rings (SSSR count). The molecule has 2 aliphatic rings. The van der Waals surface area contributed by atoms with E-state index in [1.54, 1.807) is 6.92 Å². The molecule has 0 saturated carbocycles. The molecule has 0 spiro atoms. The maximum Gasteiger partial charge on any atom is 0.221 e. The summed E-state index contributed by atoms with van der Waals surface area (Å²) in [7, 11) is -3.48. The summed E-state index contributed by atoms with van der Waals surface area (Å²) < 4.78 is 49.2. The molecule has 8 nitrogen and oxygen atoms in total. The van der Waals surface area contributed by atoms with Crippen molar-refractivity contribution in [3.8, 4) is 5.88 Å². The number of hydrogen-bond acceptors (Lipinski definition) is 8. The summed E-state index contributed by atoms with van der Waals surface area (Å²) in [6.45, 7) is 3.15. The number of nitrogens with one attached hydrogen (secondary N) is 2. The van der Waals surface area contributed by atoms with Gasteiger partial charge in [0.05, 0.1) is 29.4 Å². The standard InChI is InChI=1S/C19H23FN4O4S/c1-11-18(24-17-4-3-15(7-16(17)20)29(2,25)26)21-10-22-19(11)28-14-5-12-8-27-9-13(6-14)23-12/h3-4,7,10,12-14,23H,5-6,8-9H2,1-2H3,(H,21,22,24)/t12-,13?,14+/m1/s1. The first-order valence-electron chi connectivity index (χ1n) is 9.38. The molecule has 3 heterocycles. The Balaban J connectivity index is 1.51. The van der Waals surface area contributed by atoms with Gasteiger partial charge in [-0.3, -0.25) is 0 Å². The predicted octanol–water partition coefficient (Wildman–Crippen LogP) is 1.97. The number of ether oxygens (including phenoxy) is 2. The number of morpholine rings is 1. The lowest BCUT2D eigenvalue weighted by Crippen LogP contribution is -2.56. The van der Waals surface area contributed by atoms with Crippen LogP contribution in [0.15, 0.2) is 29.4 Å². The second-order valence-electron chi connectivity index (χ2n) is 7.50. The molecule has 29 heavy (non-hydrogen) atoms. The van der Waals surface area contributed by atoms with Gasteiger partial charge in [-0.15, -0.1) is 0 Å². The topological polar surface area (TPSA) is 102 Å². The Hall–Kier alpha value is -2.30. The quantitative estimate of drug-likeness (QED) is 0.754. The molecule has 2 N–H and O–H groups in total. The lowest BCUT2D eigenvalue weighted by atomic mass is 9.95. The van der Waals surface area contributed by atoms with Crippen LogP contribution in [-0.4, -0.2) is 56.0 Å². The van der Waals surface area contributed by atoms with Crippen molar-refractivity contribution in [1.29, 1.82) is 0 Å². The molecule has 0 amide bonds. The highest BCUT2D eigenvalue weighted by Gasteiger charge is 2.33. The number of piperidine rings is 1. The highest BCUT2D eigenvalue weighted by atomic mass is 32.2. The Labute approximate surface area is 168 Å². The third-order valence-electron chi connectivity index (χ3n) is 5.14. The Bertz CT molecular complexity index is 1010. The van der Waals surface area contributed by atoms with Crippen LogP contribution in [0.5, 0.6) is 5.88 Å². The molecule has 1 aromatic carbocycles. The van der Waals surface area contributed by atoms with Crippen molar-refractivity contribution < 1.29 is 22.3 Å². The summed E-state index contributed by atoms with van der Waals surface area (Å²) >= 11 is 0. The number of fused-ring (bicyclic) bond motifs is 2. The number of nitrogens with zero attached hydrogens (tertiary/aromatic N) is 2. The fraction of sp³-hybridized carbons (Fsp3) is 0.474. The van der Waals surface area contributed by atoms with Crippen LogP contribution in [-0.2, 0) is 14.6 Å². The fourth-order valence-corrected chi connectivity index (χ4v) is 4.31. The Kier molecular flexibility index (Phi) is 5.41. The second-order valence-corrected chi connectivity index (χ2v) is 9.52. The van der Waals surface area contributed by atoms with Crippen molar-refractivity contribution in [3.63, 3.8) is 0 Å². The van der Waals surface area contributed by atoms with Crippen molar-refractivity contribution in [2.75, 3.05) is 24.8 Å². The van der Waals surface area contributed by atoms with E-state index in [1.165, 1.54) is 18.5 Å². The van der Waals surface area contributed by atoms with Gasteiger partial charge in [-0.25, -0.2) is 22.8 Å². The summed E-state index contributed by atoms with van der Waals surface area (Å²) in [4.78, 5) is 8.34.